The zero-order valence-electron chi connectivity index (χ0n) is 10.2. The monoisotopic (exact) mass is 258 g/mol. The third-order valence-electron chi connectivity index (χ3n) is 2.28. The summed E-state index contributed by atoms with van der Waals surface area (Å²) in [6.07, 6.45) is 0.816. The van der Waals surface area contributed by atoms with Gasteiger partial charge in [-0.15, -0.1) is 11.3 Å². The number of ether oxygens (including phenoxy) is 2. The van der Waals surface area contributed by atoms with Crippen LogP contribution < -0.4 is 0 Å². The Labute approximate surface area is 105 Å². The molecule has 1 aromatic rings. The minimum Gasteiger partial charge on any atom is -0.385 e. The van der Waals surface area contributed by atoms with E-state index in [2.05, 4.69) is 4.98 Å². The van der Waals surface area contributed by atoms with E-state index < -0.39 is 0 Å². The number of nitrogens with zero attached hydrogens (tertiary/aromatic N) is 2. The maximum absolute atomic E-state index is 12.1. The molecule has 0 aromatic carbocycles. The summed E-state index contributed by atoms with van der Waals surface area (Å²) in [5.74, 6) is -0.0422. The summed E-state index contributed by atoms with van der Waals surface area (Å²) in [7, 11) is 3.28. The predicted molar refractivity (Wildman–Crippen MR) is 66.4 cm³/mol. The zero-order valence-corrected chi connectivity index (χ0v) is 11.0. The van der Waals surface area contributed by atoms with Gasteiger partial charge in [-0.3, -0.25) is 4.79 Å². The van der Waals surface area contributed by atoms with Crippen LogP contribution in [-0.2, 0) is 9.47 Å². The fraction of sp³-hybridized carbons (Fsp3) is 0.636. The molecule has 1 heterocycles. The molecule has 0 saturated carbocycles. The van der Waals surface area contributed by atoms with Gasteiger partial charge in [0.2, 0.25) is 0 Å². The number of thiazole rings is 1. The minimum atomic E-state index is -0.0422. The standard InChI is InChI=1S/C11H18N2O3S/c1-15-6-3-4-13(5-7-16-2)11(14)10-8-17-9-12-10/h8-9H,3-7H2,1-2H3. The first-order valence-corrected chi connectivity index (χ1v) is 6.39. The van der Waals surface area contributed by atoms with E-state index in [9.17, 15) is 4.79 Å². The predicted octanol–water partition coefficient (Wildman–Crippen LogP) is 1.27. The fourth-order valence-corrected chi connectivity index (χ4v) is 1.92. The van der Waals surface area contributed by atoms with Gasteiger partial charge in [-0.25, -0.2) is 4.98 Å². The summed E-state index contributed by atoms with van der Waals surface area (Å²) >= 11 is 1.42. The third kappa shape index (κ3) is 4.80. The molecule has 1 rings (SSSR count). The molecule has 0 N–H and O–H groups in total. The zero-order chi connectivity index (χ0) is 12.5. The molecule has 0 aliphatic rings. The molecule has 0 bridgehead atoms. The van der Waals surface area contributed by atoms with Crippen LogP contribution >= 0.6 is 11.3 Å². The summed E-state index contributed by atoms with van der Waals surface area (Å²) < 4.78 is 9.99. The Hall–Kier alpha value is -0.980. The van der Waals surface area contributed by atoms with Gasteiger partial charge in [0.1, 0.15) is 5.69 Å². The molecule has 0 saturated heterocycles. The molecule has 6 heteroatoms. The molecule has 5 nitrogen and oxygen atoms in total. The number of rotatable bonds is 8. The van der Waals surface area contributed by atoms with Gasteiger partial charge in [-0.2, -0.15) is 0 Å². The molecule has 0 unspecified atom stereocenters. The lowest BCUT2D eigenvalue weighted by atomic mass is 10.3. The van der Waals surface area contributed by atoms with Crippen molar-refractivity contribution in [1.82, 2.24) is 9.88 Å². The Morgan fingerprint density at radius 1 is 1.35 bits per heavy atom. The number of amides is 1. The van der Waals surface area contributed by atoms with Gasteiger partial charge in [0.05, 0.1) is 12.1 Å². The van der Waals surface area contributed by atoms with E-state index in [1.165, 1.54) is 11.3 Å². The number of hydrogen-bond acceptors (Lipinski definition) is 5. The first-order valence-electron chi connectivity index (χ1n) is 5.45. The van der Waals surface area contributed by atoms with E-state index in [0.29, 0.717) is 32.0 Å². The topological polar surface area (TPSA) is 51.7 Å². The quantitative estimate of drug-likeness (QED) is 0.659. The minimum absolute atomic E-state index is 0.0422. The van der Waals surface area contributed by atoms with Crippen LogP contribution in [0.5, 0.6) is 0 Å². The van der Waals surface area contributed by atoms with Crippen molar-refractivity contribution in [3.63, 3.8) is 0 Å². The van der Waals surface area contributed by atoms with Crippen LogP contribution in [0, 0.1) is 0 Å². The highest BCUT2D eigenvalue weighted by Gasteiger charge is 2.16. The number of aromatic nitrogens is 1. The molecular formula is C11H18N2O3S. The first-order chi connectivity index (χ1) is 8.29. The lowest BCUT2D eigenvalue weighted by Crippen LogP contribution is -2.35. The number of carbonyl (C=O) groups excluding carboxylic acids is 1. The lowest BCUT2D eigenvalue weighted by Gasteiger charge is -2.21. The highest BCUT2D eigenvalue weighted by atomic mass is 32.1. The van der Waals surface area contributed by atoms with Crippen molar-refractivity contribution in [2.75, 3.05) is 40.5 Å². The molecule has 17 heavy (non-hydrogen) atoms. The molecule has 0 radical (unpaired) electrons. The van der Waals surface area contributed by atoms with E-state index in [4.69, 9.17) is 9.47 Å². The SMILES string of the molecule is COCCCN(CCOC)C(=O)c1cscn1. The number of hydrogen-bond donors (Lipinski definition) is 0. The Balaban J connectivity index is 2.52. The normalized spacial score (nSPS) is 10.5. The van der Waals surface area contributed by atoms with Crippen LogP contribution in [0.25, 0.3) is 0 Å². The van der Waals surface area contributed by atoms with Crippen LogP contribution in [0.15, 0.2) is 10.9 Å². The van der Waals surface area contributed by atoms with Crippen LogP contribution in [0.1, 0.15) is 16.9 Å². The van der Waals surface area contributed by atoms with Gasteiger partial charge in [0.15, 0.2) is 0 Å². The molecule has 96 valence electrons. The van der Waals surface area contributed by atoms with Crippen molar-refractivity contribution >= 4 is 17.2 Å². The van der Waals surface area contributed by atoms with E-state index in [1.54, 1.807) is 30.0 Å². The summed E-state index contributed by atoms with van der Waals surface area (Å²) in [4.78, 5) is 17.9. The van der Waals surface area contributed by atoms with Crippen molar-refractivity contribution in [1.29, 1.82) is 0 Å². The Morgan fingerprint density at radius 2 is 2.12 bits per heavy atom. The van der Waals surface area contributed by atoms with Gasteiger partial charge < -0.3 is 14.4 Å². The number of methoxy groups -OCH3 is 2. The molecule has 1 aromatic heterocycles. The third-order valence-corrected chi connectivity index (χ3v) is 2.87. The van der Waals surface area contributed by atoms with Crippen molar-refractivity contribution in [3.8, 4) is 0 Å². The van der Waals surface area contributed by atoms with Crippen LogP contribution in [-0.4, -0.2) is 56.3 Å². The van der Waals surface area contributed by atoms with Gasteiger partial charge in [-0.05, 0) is 6.42 Å². The van der Waals surface area contributed by atoms with Gasteiger partial charge in [0, 0.05) is 39.3 Å². The molecule has 0 aliphatic carbocycles. The molecule has 0 spiro atoms. The summed E-state index contributed by atoms with van der Waals surface area (Å²) in [5.41, 5.74) is 2.17. The van der Waals surface area contributed by atoms with Crippen molar-refractivity contribution in [2.45, 2.75) is 6.42 Å². The Bertz CT molecular complexity index is 317. The maximum atomic E-state index is 12.1. The second-order valence-electron chi connectivity index (χ2n) is 3.51. The van der Waals surface area contributed by atoms with Crippen molar-refractivity contribution < 1.29 is 14.3 Å². The summed E-state index contributed by atoms with van der Waals surface area (Å²) in [5, 5.41) is 1.76. The second kappa shape index (κ2) is 8.16. The van der Waals surface area contributed by atoms with E-state index in [1.807, 2.05) is 0 Å². The first kappa shape index (κ1) is 14.1. The molecule has 0 fully saturated rings. The molecule has 1 amide bonds. The molecular weight excluding hydrogens is 240 g/mol. The van der Waals surface area contributed by atoms with Gasteiger partial charge in [0.25, 0.3) is 5.91 Å². The molecule has 0 atom stereocenters. The largest absolute Gasteiger partial charge is 0.385 e. The average Bonchev–Trinajstić information content (AvgIpc) is 2.86. The van der Waals surface area contributed by atoms with Crippen LogP contribution in [0.4, 0.5) is 0 Å². The van der Waals surface area contributed by atoms with Crippen LogP contribution in [0.3, 0.4) is 0 Å². The van der Waals surface area contributed by atoms with E-state index in [0.717, 1.165) is 6.42 Å². The summed E-state index contributed by atoms with van der Waals surface area (Å²) in [6.45, 7) is 2.42. The average molecular weight is 258 g/mol. The van der Waals surface area contributed by atoms with Gasteiger partial charge >= 0.3 is 0 Å². The van der Waals surface area contributed by atoms with E-state index in [-0.39, 0.29) is 5.91 Å². The maximum Gasteiger partial charge on any atom is 0.273 e. The number of carbonyl (C=O) groups is 1. The highest BCUT2D eigenvalue weighted by Crippen LogP contribution is 2.06. The Morgan fingerprint density at radius 3 is 2.71 bits per heavy atom. The fourth-order valence-electron chi connectivity index (χ4n) is 1.40. The smallest absolute Gasteiger partial charge is 0.273 e. The van der Waals surface area contributed by atoms with Crippen molar-refractivity contribution in [2.24, 2.45) is 0 Å². The van der Waals surface area contributed by atoms with Crippen LogP contribution in [0.2, 0.25) is 0 Å². The second-order valence-corrected chi connectivity index (χ2v) is 4.22. The Kier molecular flexibility index (Phi) is 6.76. The molecule has 0 aliphatic heterocycles. The highest BCUT2D eigenvalue weighted by molar-refractivity contribution is 7.07. The van der Waals surface area contributed by atoms with Gasteiger partial charge in [-0.1, -0.05) is 0 Å². The van der Waals surface area contributed by atoms with E-state index >= 15 is 0 Å². The van der Waals surface area contributed by atoms with Crippen molar-refractivity contribution in [3.05, 3.63) is 16.6 Å². The summed E-state index contributed by atoms with van der Waals surface area (Å²) in [6, 6.07) is 0. The lowest BCUT2D eigenvalue weighted by molar-refractivity contribution is 0.0669.